The molecule has 1 aliphatic heterocycles. The Morgan fingerprint density at radius 2 is 2.32 bits per heavy atom. The van der Waals surface area contributed by atoms with E-state index in [9.17, 15) is 4.79 Å². The Bertz CT molecular complexity index is 609. The average Bonchev–Trinajstić information content (AvgIpc) is 3.05. The molecule has 1 amide bonds. The Labute approximate surface area is 116 Å². The third kappa shape index (κ3) is 2.12. The standard InChI is InChI=1S/C14H14ClN3O/c1-10(17-7-5-16-9-17)14(19)18-6-4-11-2-3-12(15)8-13(11)18/h2-3,5,7-10H,4,6H2,1H3/t10-/m1/s1. The Balaban J connectivity index is 1.89. The second kappa shape index (κ2) is 4.70. The summed E-state index contributed by atoms with van der Waals surface area (Å²) < 4.78 is 1.81. The molecule has 3 rings (SSSR count). The van der Waals surface area contributed by atoms with Gasteiger partial charge in [0.05, 0.1) is 6.33 Å². The van der Waals surface area contributed by atoms with Crippen molar-refractivity contribution in [1.82, 2.24) is 9.55 Å². The van der Waals surface area contributed by atoms with Gasteiger partial charge in [-0.05, 0) is 31.0 Å². The summed E-state index contributed by atoms with van der Waals surface area (Å²) in [5.41, 5.74) is 2.11. The van der Waals surface area contributed by atoms with Gasteiger partial charge in [-0.3, -0.25) is 4.79 Å². The van der Waals surface area contributed by atoms with Crippen LogP contribution in [0.2, 0.25) is 5.02 Å². The van der Waals surface area contributed by atoms with Gasteiger partial charge in [0.2, 0.25) is 5.91 Å². The fraction of sp³-hybridized carbons (Fsp3) is 0.286. The first-order valence-electron chi connectivity index (χ1n) is 6.24. The first kappa shape index (κ1) is 12.2. The van der Waals surface area contributed by atoms with Crippen LogP contribution < -0.4 is 4.90 Å². The fourth-order valence-electron chi connectivity index (χ4n) is 2.43. The van der Waals surface area contributed by atoms with Gasteiger partial charge in [-0.2, -0.15) is 0 Å². The van der Waals surface area contributed by atoms with Gasteiger partial charge in [0.25, 0.3) is 0 Å². The van der Waals surface area contributed by atoms with Crippen molar-refractivity contribution in [3.05, 3.63) is 47.5 Å². The van der Waals surface area contributed by atoms with E-state index < -0.39 is 0 Å². The number of carbonyl (C=O) groups excluding carboxylic acids is 1. The molecule has 0 bridgehead atoms. The van der Waals surface area contributed by atoms with Crippen molar-refractivity contribution in [1.29, 1.82) is 0 Å². The maximum atomic E-state index is 12.6. The van der Waals surface area contributed by atoms with Crippen LogP contribution in [0.5, 0.6) is 0 Å². The number of fused-ring (bicyclic) bond motifs is 1. The van der Waals surface area contributed by atoms with Crippen LogP contribution in [0.1, 0.15) is 18.5 Å². The van der Waals surface area contributed by atoms with Crippen LogP contribution in [-0.2, 0) is 11.2 Å². The van der Waals surface area contributed by atoms with E-state index in [-0.39, 0.29) is 11.9 Å². The number of imidazole rings is 1. The maximum Gasteiger partial charge on any atom is 0.249 e. The topological polar surface area (TPSA) is 38.1 Å². The van der Waals surface area contributed by atoms with Crippen LogP contribution in [0, 0.1) is 0 Å². The summed E-state index contributed by atoms with van der Waals surface area (Å²) in [4.78, 5) is 18.3. The highest BCUT2D eigenvalue weighted by molar-refractivity contribution is 6.31. The average molecular weight is 276 g/mol. The number of anilines is 1. The molecule has 0 saturated heterocycles. The van der Waals surface area contributed by atoms with Crippen LogP contribution in [0.3, 0.4) is 0 Å². The molecule has 0 radical (unpaired) electrons. The van der Waals surface area contributed by atoms with Crippen LogP contribution >= 0.6 is 11.6 Å². The summed E-state index contributed by atoms with van der Waals surface area (Å²) in [5, 5.41) is 0.661. The number of aromatic nitrogens is 2. The predicted molar refractivity (Wildman–Crippen MR) is 74.4 cm³/mol. The van der Waals surface area contributed by atoms with Crippen LogP contribution in [-0.4, -0.2) is 22.0 Å². The third-order valence-electron chi connectivity index (χ3n) is 3.54. The van der Waals surface area contributed by atoms with Gasteiger partial charge in [0.1, 0.15) is 6.04 Å². The molecule has 4 nitrogen and oxygen atoms in total. The van der Waals surface area contributed by atoms with Crippen molar-refractivity contribution >= 4 is 23.2 Å². The van der Waals surface area contributed by atoms with Crippen LogP contribution in [0.15, 0.2) is 36.9 Å². The normalized spacial score (nSPS) is 15.4. The molecule has 1 aromatic heterocycles. The summed E-state index contributed by atoms with van der Waals surface area (Å²) in [6.45, 7) is 2.60. The number of hydrogen-bond donors (Lipinski definition) is 0. The van der Waals surface area contributed by atoms with E-state index >= 15 is 0 Å². The summed E-state index contributed by atoms with van der Waals surface area (Å²) in [7, 11) is 0. The zero-order chi connectivity index (χ0) is 13.4. The summed E-state index contributed by atoms with van der Waals surface area (Å²) in [6.07, 6.45) is 6.03. The van der Waals surface area contributed by atoms with Gasteiger partial charge in [-0.25, -0.2) is 4.98 Å². The second-order valence-corrected chi connectivity index (χ2v) is 5.14. The summed E-state index contributed by atoms with van der Waals surface area (Å²) >= 11 is 6.02. The minimum atomic E-state index is -0.257. The van der Waals surface area contributed by atoms with E-state index in [1.54, 1.807) is 18.7 Å². The molecule has 2 heterocycles. The van der Waals surface area contributed by atoms with E-state index in [2.05, 4.69) is 4.98 Å². The predicted octanol–water partition coefficient (Wildman–Crippen LogP) is 2.69. The zero-order valence-electron chi connectivity index (χ0n) is 10.6. The Morgan fingerprint density at radius 1 is 1.47 bits per heavy atom. The first-order chi connectivity index (χ1) is 9.16. The summed E-state index contributed by atoms with van der Waals surface area (Å²) in [5.74, 6) is 0.0685. The molecule has 1 atom stereocenters. The molecule has 1 aliphatic rings. The fourth-order valence-corrected chi connectivity index (χ4v) is 2.60. The molecule has 98 valence electrons. The highest BCUT2D eigenvalue weighted by Gasteiger charge is 2.28. The van der Waals surface area contributed by atoms with Gasteiger partial charge in [-0.1, -0.05) is 17.7 Å². The number of benzene rings is 1. The number of halogens is 1. The monoisotopic (exact) mass is 275 g/mol. The van der Waals surface area contributed by atoms with Crippen molar-refractivity contribution in [3.8, 4) is 0 Å². The van der Waals surface area contributed by atoms with E-state index in [0.29, 0.717) is 11.6 Å². The molecule has 0 saturated carbocycles. The van der Waals surface area contributed by atoms with Gasteiger partial charge in [0, 0.05) is 29.6 Å². The van der Waals surface area contributed by atoms with E-state index in [1.165, 1.54) is 5.56 Å². The zero-order valence-corrected chi connectivity index (χ0v) is 11.3. The largest absolute Gasteiger partial charge is 0.325 e. The van der Waals surface area contributed by atoms with Crippen LogP contribution in [0.4, 0.5) is 5.69 Å². The quantitative estimate of drug-likeness (QED) is 0.845. The molecule has 1 aromatic carbocycles. The van der Waals surface area contributed by atoms with Crippen LogP contribution in [0.25, 0.3) is 0 Å². The molecule has 0 N–H and O–H groups in total. The molecular formula is C14H14ClN3O. The van der Waals surface area contributed by atoms with Gasteiger partial charge < -0.3 is 9.47 Å². The minimum absolute atomic E-state index is 0.0685. The molecule has 0 fully saturated rings. The van der Waals surface area contributed by atoms with Crippen molar-refractivity contribution < 1.29 is 4.79 Å². The Kier molecular flexibility index (Phi) is 3.03. The third-order valence-corrected chi connectivity index (χ3v) is 3.77. The van der Waals surface area contributed by atoms with E-state index in [0.717, 1.165) is 12.1 Å². The first-order valence-corrected chi connectivity index (χ1v) is 6.62. The Morgan fingerprint density at radius 3 is 3.05 bits per heavy atom. The summed E-state index contributed by atoms with van der Waals surface area (Å²) in [6, 6.07) is 5.47. The van der Waals surface area contributed by atoms with Gasteiger partial charge >= 0.3 is 0 Å². The van der Waals surface area contributed by atoms with Crippen molar-refractivity contribution in [2.45, 2.75) is 19.4 Å². The number of hydrogen-bond acceptors (Lipinski definition) is 2. The molecule has 0 spiro atoms. The van der Waals surface area contributed by atoms with E-state index in [1.807, 2.05) is 34.6 Å². The van der Waals surface area contributed by atoms with E-state index in [4.69, 9.17) is 11.6 Å². The lowest BCUT2D eigenvalue weighted by molar-refractivity contribution is -0.121. The van der Waals surface area contributed by atoms with Crippen molar-refractivity contribution in [3.63, 3.8) is 0 Å². The minimum Gasteiger partial charge on any atom is -0.325 e. The smallest absolute Gasteiger partial charge is 0.249 e. The van der Waals surface area contributed by atoms with Crippen molar-refractivity contribution in [2.75, 3.05) is 11.4 Å². The number of rotatable bonds is 2. The number of nitrogens with zero attached hydrogens (tertiary/aromatic N) is 3. The molecule has 0 unspecified atom stereocenters. The molecule has 0 aliphatic carbocycles. The molecular weight excluding hydrogens is 262 g/mol. The molecule has 2 aromatic rings. The SMILES string of the molecule is C[C@H](C(=O)N1CCc2ccc(Cl)cc21)n1ccnc1. The maximum absolute atomic E-state index is 12.6. The highest BCUT2D eigenvalue weighted by Crippen LogP contribution is 2.32. The van der Waals surface area contributed by atoms with Gasteiger partial charge in [0.15, 0.2) is 0 Å². The lowest BCUT2D eigenvalue weighted by Crippen LogP contribution is -2.34. The second-order valence-electron chi connectivity index (χ2n) is 4.70. The lowest BCUT2D eigenvalue weighted by atomic mass is 10.2. The number of amides is 1. The molecule has 19 heavy (non-hydrogen) atoms. The Hall–Kier alpha value is -1.81. The van der Waals surface area contributed by atoms with Gasteiger partial charge in [-0.15, -0.1) is 0 Å². The lowest BCUT2D eigenvalue weighted by Gasteiger charge is -2.22. The number of carbonyl (C=O) groups is 1. The molecule has 5 heteroatoms. The highest BCUT2D eigenvalue weighted by atomic mass is 35.5. The van der Waals surface area contributed by atoms with Crippen molar-refractivity contribution in [2.24, 2.45) is 0 Å².